The van der Waals surface area contributed by atoms with Crippen LogP contribution in [-0.2, 0) is 4.74 Å². The number of rotatable bonds is 5. The van der Waals surface area contributed by atoms with Crippen LogP contribution in [0.2, 0.25) is 0 Å². The van der Waals surface area contributed by atoms with E-state index in [1.54, 1.807) is 12.1 Å². The predicted octanol–water partition coefficient (Wildman–Crippen LogP) is 2.74. The first-order valence-corrected chi connectivity index (χ1v) is 6.18. The summed E-state index contributed by atoms with van der Waals surface area (Å²) in [6.07, 6.45) is 0. The molecule has 1 N–H and O–H groups in total. The average Bonchev–Trinajstić information content (AvgIpc) is 2.29. The number of ether oxygens (including phenoxy) is 1. The highest BCUT2D eigenvalue weighted by Crippen LogP contribution is 2.18. The van der Waals surface area contributed by atoms with Gasteiger partial charge in [-0.15, -0.1) is 0 Å². The Kier molecular flexibility index (Phi) is 5.58. The summed E-state index contributed by atoms with van der Waals surface area (Å²) in [5.41, 5.74) is 0.0303. The zero-order chi connectivity index (χ0) is 12.8. The molecule has 17 heavy (non-hydrogen) atoms. The van der Waals surface area contributed by atoms with E-state index in [1.165, 1.54) is 6.07 Å². The fourth-order valence-electron chi connectivity index (χ4n) is 1.32. The molecule has 0 aliphatic rings. The van der Waals surface area contributed by atoms with Gasteiger partial charge in [0.05, 0.1) is 16.6 Å². The quantitative estimate of drug-likeness (QED) is 0.908. The molecule has 0 saturated heterocycles. The maximum absolute atomic E-state index is 13.6. The Hall–Kier alpha value is -0.940. The minimum Gasteiger partial charge on any atom is -0.380 e. The Balaban J connectivity index is 2.67. The molecular formula is C12H15BrFNO2. The van der Waals surface area contributed by atoms with Crippen molar-refractivity contribution in [3.63, 3.8) is 0 Å². The molecule has 0 aliphatic heterocycles. The number of amides is 1. The van der Waals surface area contributed by atoms with E-state index in [-0.39, 0.29) is 16.1 Å². The Bertz CT molecular complexity index is 398. The minimum absolute atomic E-state index is 0.0303. The minimum atomic E-state index is -0.548. The standard InChI is InChI=1S/C12H15BrFNO2/c1-3-17-7-8(2)15-12(16)9-5-4-6-10(13)11(9)14/h4-6,8H,3,7H2,1-2H3,(H,15,16). The van der Waals surface area contributed by atoms with Gasteiger partial charge in [0, 0.05) is 12.6 Å². The third-order valence-corrected chi connectivity index (χ3v) is 2.76. The van der Waals surface area contributed by atoms with Crippen LogP contribution >= 0.6 is 15.9 Å². The van der Waals surface area contributed by atoms with E-state index in [2.05, 4.69) is 21.2 Å². The van der Waals surface area contributed by atoms with Crippen LogP contribution in [0.3, 0.4) is 0 Å². The second kappa shape index (κ2) is 6.71. The molecule has 0 spiro atoms. The topological polar surface area (TPSA) is 38.3 Å². The van der Waals surface area contributed by atoms with Gasteiger partial charge in [-0.05, 0) is 41.9 Å². The zero-order valence-electron chi connectivity index (χ0n) is 9.80. The molecule has 0 radical (unpaired) electrons. The summed E-state index contributed by atoms with van der Waals surface area (Å²) in [6.45, 7) is 4.69. The third kappa shape index (κ3) is 4.09. The van der Waals surface area contributed by atoms with Gasteiger partial charge in [-0.1, -0.05) is 6.07 Å². The van der Waals surface area contributed by atoms with Gasteiger partial charge in [0.25, 0.3) is 5.91 Å². The number of halogens is 2. The van der Waals surface area contributed by atoms with Crippen molar-refractivity contribution in [2.45, 2.75) is 19.9 Å². The number of carbonyl (C=O) groups excluding carboxylic acids is 1. The summed E-state index contributed by atoms with van der Waals surface area (Å²) < 4.78 is 19.1. The summed E-state index contributed by atoms with van der Waals surface area (Å²) in [5.74, 6) is -0.982. The van der Waals surface area contributed by atoms with Crippen LogP contribution in [0.1, 0.15) is 24.2 Å². The van der Waals surface area contributed by atoms with E-state index in [9.17, 15) is 9.18 Å². The molecule has 0 fully saturated rings. The van der Waals surface area contributed by atoms with Gasteiger partial charge in [0.15, 0.2) is 0 Å². The highest BCUT2D eigenvalue weighted by atomic mass is 79.9. The zero-order valence-corrected chi connectivity index (χ0v) is 11.4. The van der Waals surface area contributed by atoms with Gasteiger partial charge >= 0.3 is 0 Å². The van der Waals surface area contributed by atoms with Crippen molar-refractivity contribution in [3.8, 4) is 0 Å². The summed E-state index contributed by atoms with van der Waals surface area (Å²) >= 11 is 3.04. The lowest BCUT2D eigenvalue weighted by atomic mass is 10.2. The Morgan fingerprint density at radius 2 is 2.29 bits per heavy atom. The van der Waals surface area contributed by atoms with Crippen molar-refractivity contribution in [3.05, 3.63) is 34.1 Å². The molecule has 94 valence electrons. The first kappa shape index (κ1) is 14.1. The van der Waals surface area contributed by atoms with Crippen LogP contribution < -0.4 is 5.32 Å². The van der Waals surface area contributed by atoms with Gasteiger partial charge < -0.3 is 10.1 Å². The van der Waals surface area contributed by atoms with Crippen molar-refractivity contribution >= 4 is 21.8 Å². The first-order chi connectivity index (χ1) is 8.06. The lowest BCUT2D eigenvalue weighted by Crippen LogP contribution is -2.36. The van der Waals surface area contributed by atoms with Gasteiger partial charge in [0.1, 0.15) is 5.82 Å². The fourth-order valence-corrected chi connectivity index (χ4v) is 1.68. The highest BCUT2D eigenvalue weighted by Gasteiger charge is 2.15. The summed E-state index contributed by atoms with van der Waals surface area (Å²) in [7, 11) is 0. The molecule has 1 atom stereocenters. The summed E-state index contributed by atoms with van der Waals surface area (Å²) in [6, 6.07) is 4.47. The van der Waals surface area contributed by atoms with Gasteiger partial charge in [0.2, 0.25) is 0 Å². The van der Waals surface area contributed by atoms with Crippen LogP contribution in [0.5, 0.6) is 0 Å². The maximum Gasteiger partial charge on any atom is 0.254 e. The highest BCUT2D eigenvalue weighted by molar-refractivity contribution is 9.10. The first-order valence-electron chi connectivity index (χ1n) is 5.38. The van der Waals surface area contributed by atoms with E-state index in [0.29, 0.717) is 13.2 Å². The predicted molar refractivity (Wildman–Crippen MR) is 67.5 cm³/mol. The molecule has 5 heteroatoms. The molecule has 1 rings (SSSR count). The van der Waals surface area contributed by atoms with Crippen LogP contribution in [0.15, 0.2) is 22.7 Å². The molecule has 1 aromatic carbocycles. The van der Waals surface area contributed by atoms with Crippen LogP contribution in [-0.4, -0.2) is 25.2 Å². The average molecular weight is 304 g/mol. The third-order valence-electron chi connectivity index (χ3n) is 2.15. The number of hydrogen-bond acceptors (Lipinski definition) is 2. The number of nitrogens with one attached hydrogen (secondary N) is 1. The van der Waals surface area contributed by atoms with Crippen molar-refractivity contribution in [2.75, 3.05) is 13.2 Å². The van der Waals surface area contributed by atoms with Gasteiger partial charge in [-0.2, -0.15) is 0 Å². The molecule has 0 saturated carbocycles. The summed E-state index contributed by atoms with van der Waals surface area (Å²) in [4.78, 5) is 11.8. The lowest BCUT2D eigenvalue weighted by Gasteiger charge is -2.14. The van der Waals surface area contributed by atoms with E-state index >= 15 is 0 Å². The Morgan fingerprint density at radius 1 is 1.59 bits per heavy atom. The number of carbonyl (C=O) groups is 1. The molecule has 0 aliphatic carbocycles. The normalized spacial score (nSPS) is 12.2. The van der Waals surface area contributed by atoms with Crippen molar-refractivity contribution in [1.82, 2.24) is 5.32 Å². The van der Waals surface area contributed by atoms with Crippen LogP contribution in [0, 0.1) is 5.82 Å². The van der Waals surface area contributed by atoms with E-state index in [0.717, 1.165) is 0 Å². The number of benzene rings is 1. The van der Waals surface area contributed by atoms with Crippen molar-refractivity contribution < 1.29 is 13.9 Å². The summed E-state index contributed by atoms with van der Waals surface area (Å²) in [5, 5.41) is 2.67. The van der Waals surface area contributed by atoms with Crippen LogP contribution in [0.4, 0.5) is 4.39 Å². The molecule has 1 aromatic rings. The van der Waals surface area contributed by atoms with Crippen molar-refractivity contribution in [1.29, 1.82) is 0 Å². The smallest absolute Gasteiger partial charge is 0.254 e. The van der Waals surface area contributed by atoms with E-state index in [1.807, 2.05) is 13.8 Å². The molecule has 0 aromatic heterocycles. The fraction of sp³-hybridized carbons (Fsp3) is 0.417. The molecule has 1 amide bonds. The largest absolute Gasteiger partial charge is 0.380 e. The molecule has 0 heterocycles. The molecular weight excluding hydrogens is 289 g/mol. The van der Waals surface area contributed by atoms with E-state index < -0.39 is 11.7 Å². The van der Waals surface area contributed by atoms with Gasteiger partial charge in [-0.3, -0.25) is 4.79 Å². The SMILES string of the molecule is CCOCC(C)NC(=O)c1cccc(Br)c1F. The van der Waals surface area contributed by atoms with E-state index in [4.69, 9.17) is 4.74 Å². The molecule has 3 nitrogen and oxygen atoms in total. The maximum atomic E-state index is 13.6. The van der Waals surface area contributed by atoms with Gasteiger partial charge in [-0.25, -0.2) is 4.39 Å². The molecule has 1 unspecified atom stereocenters. The molecule has 0 bridgehead atoms. The Morgan fingerprint density at radius 3 is 2.94 bits per heavy atom. The van der Waals surface area contributed by atoms with Crippen LogP contribution in [0.25, 0.3) is 0 Å². The Labute approximate surface area is 108 Å². The van der Waals surface area contributed by atoms with Crippen molar-refractivity contribution in [2.24, 2.45) is 0 Å². The monoisotopic (exact) mass is 303 g/mol. The lowest BCUT2D eigenvalue weighted by molar-refractivity contribution is 0.0868. The second-order valence-corrected chi connectivity index (χ2v) is 4.49. The number of hydrogen-bond donors (Lipinski definition) is 1. The second-order valence-electron chi connectivity index (χ2n) is 3.64.